The maximum Gasteiger partial charge on any atom is 0.262 e. The third-order valence-electron chi connectivity index (χ3n) is 3.69. The Hall–Kier alpha value is -2.71. The maximum atomic E-state index is 12.3. The van der Waals surface area contributed by atoms with Crippen molar-refractivity contribution in [1.29, 1.82) is 0 Å². The zero-order valence-corrected chi connectivity index (χ0v) is 15.5. The maximum absolute atomic E-state index is 12.3. The van der Waals surface area contributed by atoms with Gasteiger partial charge in [0.1, 0.15) is 5.75 Å². The summed E-state index contributed by atoms with van der Waals surface area (Å²) in [6.45, 7) is 0. The van der Waals surface area contributed by atoms with E-state index in [1.807, 2.05) is 24.3 Å². The molecule has 0 atom stereocenters. The van der Waals surface area contributed by atoms with Gasteiger partial charge in [0.15, 0.2) is 4.32 Å². The molecular formula is C18H15N3O3S2. The highest BCUT2D eigenvalue weighted by Crippen LogP contribution is 2.24. The number of fused-ring (bicyclic) bond motifs is 1. The highest BCUT2D eigenvalue weighted by Gasteiger charge is 2.34. The number of thiocarbonyl (C=S) groups is 1. The Balaban J connectivity index is 1.51. The largest absolute Gasteiger partial charge is 0.497 e. The summed E-state index contributed by atoms with van der Waals surface area (Å²) in [5.41, 5.74) is 4.45. The molecule has 2 aromatic carbocycles. The molecule has 0 fully saturated rings. The van der Waals surface area contributed by atoms with Crippen LogP contribution in [-0.2, 0) is 0 Å². The first-order valence-corrected chi connectivity index (χ1v) is 9.04. The Morgan fingerprint density at radius 3 is 2.35 bits per heavy atom. The Labute approximate surface area is 160 Å². The molecule has 6 nitrogen and oxygen atoms in total. The van der Waals surface area contributed by atoms with Crippen molar-refractivity contribution in [3.8, 4) is 5.75 Å². The van der Waals surface area contributed by atoms with E-state index in [0.29, 0.717) is 15.4 Å². The van der Waals surface area contributed by atoms with Gasteiger partial charge in [-0.25, -0.2) is 0 Å². The second-order valence-electron chi connectivity index (χ2n) is 5.29. The molecule has 0 aliphatic carbocycles. The Morgan fingerprint density at radius 1 is 1.15 bits per heavy atom. The molecule has 1 N–H and O–H groups in total. The average Bonchev–Trinajstić information content (AvgIpc) is 2.91. The first kappa shape index (κ1) is 18.1. The summed E-state index contributed by atoms with van der Waals surface area (Å²) in [5, 5.41) is 4.05. The van der Waals surface area contributed by atoms with E-state index in [9.17, 15) is 9.59 Å². The quantitative estimate of drug-likeness (QED) is 0.369. The summed E-state index contributed by atoms with van der Waals surface area (Å²) >= 11 is 6.34. The van der Waals surface area contributed by atoms with E-state index in [1.54, 1.807) is 37.6 Å². The van der Waals surface area contributed by atoms with Crippen molar-refractivity contribution in [3.63, 3.8) is 0 Å². The van der Waals surface area contributed by atoms with Crippen molar-refractivity contribution < 1.29 is 14.3 Å². The van der Waals surface area contributed by atoms with Crippen LogP contribution in [0.1, 0.15) is 26.3 Å². The van der Waals surface area contributed by atoms with E-state index < -0.39 is 0 Å². The summed E-state index contributed by atoms with van der Waals surface area (Å²) < 4.78 is 5.46. The van der Waals surface area contributed by atoms with Crippen LogP contribution in [0.4, 0.5) is 0 Å². The van der Waals surface area contributed by atoms with Gasteiger partial charge in [0, 0.05) is 0 Å². The third-order valence-corrected chi connectivity index (χ3v) is 4.87. The van der Waals surface area contributed by atoms with Crippen LogP contribution in [-0.4, -0.2) is 40.2 Å². The topological polar surface area (TPSA) is 71.0 Å². The number of nitrogens with one attached hydrogen (secondary N) is 1. The van der Waals surface area contributed by atoms with E-state index in [4.69, 9.17) is 17.0 Å². The number of ether oxygens (including phenoxy) is 1. The van der Waals surface area contributed by atoms with E-state index in [0.717, 1.165) is 23.1 Å². The van der Waals surface area contributed by atoms with Gasteiger partial charge in [-0.05, 0) is 42.0 Å². The van der Waals surface area contributed by atoms with Crippen LogP contribution in [0.2, 0.25) is 0 Å². The second-order valence-corrected chi connectivity index (χ2v) is 6.91. The van der Waals surface area contributed by atoms with Crippen LogP contribution >= 0.6 is 24.0 Å². The molecule has 0 radical (unpaired) electrons. The van der Waals surface area contributed by atoms with Gasteiger partial charge in [0.2, 0.25) is 0 Å². The molecule has 0 bridgehead atoms. The number of nitrogens with zero attached hydrogens (tertiary/aromatic N) is 2. The van der Waals surface area contributed by atoms with Gasteiger partial charge in [-0.3, -0.25) is 19.9 Å². The monoisotopic (exact) mass is 385 g/mol. The standard InChI is InChI=1S/C18H15N3O3S2/c1-24-13-8-6-12(7-9-13)10-19-20-18(25)26-11-21-16(22)14-4-2-3-5-15(14)17(21)23/h2-10H,11H2,1H3,(H,20,25). The number of carbonyl (C=O) groups excluding carboxylic acids is 2. The SMILES string of the molecule is COc1ccc(C=NNC(=S)SCN2C(=O)c3ccccc3C2=O)cc1. The number of carbonyl (C=O) groups is 2. The van der Waals surface area contributed by atoms with Gasteiger partial charge in [-0.15, -0.1) is 0 Å². The highest BCUT2D eigenvalue weighted by molar-refractivity contribution is 8.22. The smallest absolute Gasteiger partial charge is 0.262 e. The van der Waals surface area contributed by atoms with Crippen molar-refractivity contribution in [3.05, 3.63) is 65.2 Å². The van der Waals surface area contributed by atoms with E-state index in [2.05, 4.69) is 10.5 Å². The third kappa shape index (κ3) is 3.92. The molecule has 0 spiro atoms. The molecule has 132 valence electrons. The van der Waals surface area contributed by atoms with E-state index >= 15 is 0 Å². The lowest BCUT2D eigenvalue weighted by Gasteiger charge is -2.13. The van der Waals surface area contributed by atoms with Gasteiger partial charge in [0.25, 0.3) is 11.8 Å². The summed E-state index contributed by atoms with van der Waals surface area (Å²) in [6.07, 6.45) is 1.62. The number of rotatable bonds is 5. The molecule has 2 amide bonds. The summed E-state index contributed by atoms with van der Waals surface area (Å²) in [4.78, 5) is 25.7. The normalized spacial score (nSPS) is 13.2. The molecular weight excluding hydrogens is 370 g/mol. The number of imide groups is 1. The first-order valence-electron chi connectivity index (χ1n) is 7.65. The predicted octanol–water partition coefficient (Wildman–Crippen LogP) is 2.89. The molecule has 0 unspecified atom stereocenters. The number of thioether (sulfide) groups is 1. The van der Waals surface area contributed by atoms with Crippen molar-refractivity contribution in [2.24, 2.45) is 5.10 Å². The zero-order chi connectivity index (χ0) is 18.5. The van der Waals surface area contributed by atoms with Crippen molar-refractivity contribution in [1.82, 2.24) is 10.3 Å². The summed E-state index contributed by atoms with van der Waals surface area (Å²) in [7, 11) is 1.61. The molecule has 0 aromatic heterocycles. The second kappa shape index (κ2) is 8.11. The van der Waals surface area contributed by atoms with Gasteiger partial charge >= 0.3 is 0 Å². The first-order chi connectivity index (χ1) is 12.6. The van der Waals surface area contributed by atoms with Gasteiger partial charge in [-0.1, -0.05) is 36.1 Å². The van der Waals surface area contributed by atoms with Crippen molar-refractivity contribution >= 4 is 46.3 Å². The van der Waals surface area contributed by atoms with E-state index in [-0.39, 0.29) is 17.7 Å². The fraction of sp³-hybridized carbons (Fsp3) is 0.111. The van der Waals surface area contributed by atoms with Crippen LogP contribution in [0.15, 0.2) is 53.6 Å². The van der Waals surface area contributed by atoms with Gasteiger partial charge in [0.05, 0.1) is 30.3 Å². The minimum atomic E-state index is -0.303. The molecule has 1 heterocycles. The summed E-state index contributed by atoms with van der Waals surface area (Å²) in [5.74, 6) is 0.295. The number of hydrogen-bond acceptors (Lipinski definition) is 6. The van der Waals surface area contributed by atoms with Gasteiger partial charge in [-0.2, -0.15) is 5.10 Å². The lowest BCUT2D eigenvalue weighted by molar-refractivity contribution is 0.0684. The number of amides is 2. The van der Waals surface area contributed by atoms with E-state index in [1.165, 1.54) is 4.90 Å². The molecule has 0 saturated heterocycles. The predicted molar refractivity (Wildman–Crippen MR) is 106 cm³/mol. The number of benzene rings is 2. The molecule has 2 aromatic rings. The Morgan fingerprint density at radius 2 is 1.77 bits per heavy atom. The zero-order valence-electron chi connectivity index (χ0n) is 13.8. The molecule has 1 aliphatic heterocycles. The van der Waals surface area contributed by atoms with Crippen LogP contribution in [0.5, 0.6) is 5.75 Å². The number of hydrazone groups is 1. The van der Waals surface area contributed by atoms with Crippen molar-refractivity contribution in [2.75, 3.05) is 13.0 Å². The fourth-order valence-electron chi connectivity index (χ4n) is 2.36. The molecule has 1 aliphatic rings. The average molecular weight is 385 g/mol. The Kier molecular flexibility index (Phi) is 5.65. The van der Waals surface area contributed by atoms with Gasteiger partial charge < -0.3 is 4.74 Å². The van der Waals surface area contributed by atoms with Crippen LogP contribution in [0.25, 0.3) is 0 Å². The fourth-order valence-corrected chi connectivity index (χ4v) is 3.17. The van der Waals surface area contributed by atoms with Crippen LogP contribution < -0.4 is 10.2 Å². The highest BCUT2D eigenvalue weighted by atomic mass is 32.2. The Bertz CT molecular complexity index is 847. The molecule has 3 rings (SSSR count). The molecule has 0 saturated carbocycles. The van der Waals surface area contributed by atoms with Crippen LogP contribution in [0.3, 0.4) is 0 Å². The minimum absolute atomic E-state index is 0.135. The van der Waals surface area contributed by atoms with Crippen molar-refractivity contribution in [2.45, 2.75) is 0 Å². The lowest BCUT2D eigenvalue weighted by atomic mass is 10.1. The number of methoxy groups -OCH3 is 1. The lowest BCUT2D eigenvalue weighted by Crippen LogP contribution is -2.30. The molecule has 26 heavy (non-hydrogen) atoms. The van der Waals surface area contributed by atoms with Crippen LogP contribution in [0, 0.1) is 0 Å². The minimum Gasteiger partial charge on any atom is -0.497 e. The number of hydrogen-bond donors (Lipinski definition) is 1. The molecule has 8 heteroatoms. The summed E-state index contributed by atoms with van der Waals surface area (Å²) in [6, 6.07) is 14.2.